The molecule has 0 atom stereocenters. The lowest BCUT2D eigenvalue weighted by molar-refractivity contribution is 1.16. The van der Waals surface area contributed by atoms with Gasteiger partial charge in [-0.3, -0.25) is 3.97 Å². The van der Waals surface area contributed by atoms with Crippen LogP contribution in [0.15, 0.2) is 48.5 Å². The zero-order chi connectivity index (χ0) is 13.9. The standard InChI is InChI=1S/C16H17N3S/c1-18-14-10-6-4-8-12(14)16-17-13-9-5-7-11-15(13)19(16)20(18,2)3/h4-11H,1-3H3. The summed E-state index contributed by atoms with van der Waals surface area (Å²) in [5, 5.41) is 0. The molecular weight excluding hydrogens is 266 g/mol. The molecule has 3 aromatic rings. The van der Waals surface area contributed by atoms with Crippen LogP contribution in [0.2, 0.25) is 0 Å². The van der Waals surface area contributed by atoms with Crippen LogP contribution in [0.1, 0.15) is 0 Å². The van der Waals surface area contributed by atoms with Crippen LogP contribution in [0.3, 0.4) is 0 Å². The first-order chi connectivity index (χ1) is 9.60. The monoisotopic (exact) mass is 283 g/mol. The van der Waals surface area contributed by atoms with Gasteiger partial charge in [0.15, 0.2) is 5.82 Å². The van der Waals surface area contributed by atoms with Gasteiger partial charge in [-0.2, -0.15) is 0 Å². The SMILES string of the molecule is CN1c2ccccc2-c2nc3ccccc3n2S1(C)C. The number of nitrogens with zero attached hydrogens (tertiary/aromatic N) is 3. The van der Waals surface area contributed by atoms with Gasteiger partial charge in [0.1, 0.15) is 0 Å². The number of aromatic nitrogens is 2. The molecule has 1 aromatic heterocycles. The molecule has 0 fully saturated rings. The molecule has 102 valence electrons. The Kier molecular flexibility index (Phi) is 2.25. The van der Waals surface area contributed by atoms with E-state index in [0.717, 1.165) is 11.3 Å². The smallest absolute Gasteiger partial charge is 0.153 e. The minimum absolute atomic E-state index is 1.08. The minimum Gasteiger partial charge on any atom is -0.321 e. The van der Waals surface area contributed by atoms with E-state index in [1.54, 1.807) is 0 Å². The summed E-state index contributed by atoms with van der Waals surface area (Å²) in [4.78, 5) is 4.88. The summed E-state index contributed by atoms with van der Waals surface area (Å²) < 4.78 is 4.83. The summed E-state index contributed by atoms with van der Waals surface area (Å²) in [6, 6.07) is 17.0. The molecular formula is C16H17N3S. The fourth-order valence-corrected chi connectivity index (χ4v) is 5.01. The van der Waals surface area contributed by atoms with E-state index in [0.29, 0.717) is 0 Å². The Morgan fingerprint density at radius 3 is 2.50 bits per heavy atom. The first-order valence-corrected chi connectivity index (χ1v) is 9.01. The van der Waals surface area contributed by atoms with Crippen molar-refractivity contribution in [3.63, 3.8) is 0 Å². The van der Waals surface area contributed by atoms with Crippen molar-refractivity contribution < 1.29 is 0 Å². The van der Waals surface area contributed by atoms with Gasteiger partial charge in [0.2, 0.25) is 0 Å². The predicted molar refractivity (Wildman–Crippen MR) is 88.4 cm³/mol. The number of hydrogen-bond acceptors (Lipinski definition) is 2. The molecule has 0 radical (unpaired) electrons. The Labute approximate surface area is 120 Å². The second-order valence-corrected chi connectivity index (χ2v) is 8.81. The largest absolute Gasteiger partial charge is 0.321 e. The number of anilines is 1. The Morgan fingerprint density at radius 2 is 1.65 bits per heavy atom. The van der Waals surface area contributed by atoms with Crippen molar-refractivity contribution in [2.24, 2.45) is 0 Å². The molecule has 4 rings (SSSR count). The molecule has 20 heavy (non-hydrogen) atoms. The minimum atomic E-state index is -1.13. The van der Waals surface area contributed by atoms with Crippen molar-refractivity contribution in [2.45, 2.75) is 0 Å². The average Bonchev–Trinajstić information content (AvgIpc) is 2.85. The topological polar surface area (TPSA) is 21.1 Å². The normalized spacial score (nSPS) is 17.6. The maximum absolute atomic E-state index is 4.88. The third-order valence-electron chi connectivity index (χ3n) is 4.12. The van der Waals surface area contributed by atoms with E-state index in [-0.39, 0.29) is 0 Å². The highest BCUT2D eigenvalue weighted by Gasteiger charge is 2.33. The van der Waals surface area contributed by atoms with Gasteiger partial charge in [-0.25, -0.2) is 4.98 Å². The second kappa shape index (κ2) is 3.79. The average molecular weight is 283 g/mol. The number of rotatable bonds is 0. The van der Waals surface area contributed by atoms with E-state index < -0.39 is 10.4 Å². The van der Waals surface area contributed by atoms with E-state index >= 15 is 0 Å². The molecule has 4 heteroatoms. The van der Waals surface area contributed by atoms with E-state index in [9.17, 15) is 0 Å². The quantitative estimate of drug-likeness (QED) is 0.624. The third kappa shape index (κ3) is 1.34. The molecule has 0 saturated carbocycles. The van der Waals surface area contributed by atoms with Crippen molar-refractivity contribution in [1.29, 1.82) is 0 Å². The van der Waals surface area contributed by atoms with Crippen LogP contribution in [0.4, 0.5) is 5.69 Å². The Balaban J connectivity index is 2.18. The highest BCUT2D eigenvalue weighted by molar-refractivity contribution is 8.32. The van der Waals surface area contributed by atoms with Crippen LogP contribution < -0.4 is 4.31 Å². The molecule has 0 saturated heterocycles. The van der Waals surface area contributed by atoms with Gasteiger partial charge in [-0.15, -0.1) is 0 Å². The number of para-hydroxylation sites is 3. The maximum Gasteiger partial charge on any atom is 0.153 e. The summed E-state index contributed by atoms with van der Waals surface area (Å²) in [7, 11) is 1.06. The summed E-state index contributed by atoms with van der Waals surface area (Å²) in [6.07, 6.45) is 4.64. The van der Waals surface area contributed by atoms with Crippen LogP contribution in [0.5, 0.6) is 0 Å². The third-order valence-corrected chi connectivity index (χ3v) is 6.92. The lowest BCUT2D eigenvalue weighted by atomic mass is 10.1. The molecule has 3 nitrogen and oxygen atoms in total. The Bertz CT molecular complexity index is 819. The summed E-state index contributed by atoms with van der Waals surface area (Å²) in [5.74, 6) is 1.10. The van der Waals surface area contributed by atoms with Crippen molar-refractivity contribution in [1.82, 2.24) is 8.96 Å². The summed E-state index contributed by atoms with van der Waals surface area (Å²) in [6.45, 7) is 0. The molecule has 2 heterocycles. The van der Waals surface area contributed by atoms with E-state index in [1.165, 1.54) is 16.8 Å². The first kappa shape index (κ1) is 11.9. The van der Waals surface area contributed by atoms with Crippen molar-refractivity contribution in [2.75, 3.05) is 23.9 Å². The molecule has 0 bridgehead atoms. The number of fused-ring (bicyclic) bond motifs is 5. The van der Waals surface area contributed by atoms with Crippen LogP contribution >= 0.6 is 10.4 Å². The van der Waals surface area contributed by atoms with E-state index in [2.05, 4.69) is 76.4 Å². The molecule has 2 aromatic carbocycles. The number of hydrogen-bond donors (Lipinski definition) is 0. The maximum atomic E-state index is 4.88. The Morgan fingerprint density at radius 1 is 0.950 bits per heavy atom. The highest BCUT2D eigenvalue weighted by Crippen LogP contribution is 2.57. The zero-order valence-corrected chi connectivity index (χ0v) is 12.7. The molecule has 0 aliphatic carbocycles. The number of benzene rings is 2. The van der Waals surface area contributed by atoms with Crippen molar-refractivity contribution in [3.8, 4) is 11.4 Å². The Hall–Kier alpha value is -1.94. The van der Waals surface area contributed by atoms with Gasteiger partial charge in [0.05, 0.1) is 16.7 Å². The molecule has 1 aliphatic rings. The van der Waals surface area contributed by atoms with Gasteiger partial charge in [0, 0.05) is 12.6 Å². The van der Waals surface area contributed by atoms with Crippen LogP contribution in [-0.4, -0.2) is 28.5 Å². The molecule has 0 spiro atoms. The van der Waals surface area contributed by atoms with E-state index in [4.69, 9.17) is 4.98 Å². The zero-order valence-electron chi connectivity index (χ0n) is 11.9. The number of imidazole rings is 1. The van der Waals surface area contributed by atoms with Crippen LogP contribution in [-0.2, 0) is 0 Å². The molecule has 0 N–H and O–H groups in total. The predicted octanol–water partition coefficient (Wildman–Crippen LogP) is 3.90. The van der Waals surface area contributed by atoms with Gasteiger partial charge >= 0.3 is 0 Å². The summed E-state index contributed by atoms with van der Waals surface area (Å²) >= 11 is 0. The molecule has 1 aliphatic heterocycles. The van der Waals surface area contributed by atoms with Crippen molar-refractivity contribution in [3.05, 3.63) is 48.5 Å². The lowest BCUT2D eigenvalue weighted by Gasteiger charge is -2.48. The second-order valence-electron chi connectivity index (χ2n) is 5.45. The van der Waals surface area contributed by atoms with Crippen LogP contribution in [0.25, 0.3) is 22.4 Å². The van der Waals surface area contributed by atoms with Gasteiger partial charge in [0.25, 0.3) is 0 Å². The van der Waals surface area contributed by atoms with Crippen LogP contribution in [0, 0.1) is 0 Å². The highest BCUT2D eigenvalue weighted by atomic mass is 32.3. The van der Waals surface area contributed by atoms with Crippen molar-refractivity contribution >= 4 is 27.1 Å². The molecule has 0 amide bonds. The van der Waals surface area contributed by atoms with E-state index in [1.807, 2.05) is 0 Å². The van der Waals surface area contributed by atoms with Gasteiger partial charge in [-0.05, 0) is 36.8 Å². The fourth-order valence-electron chi connectivity index (χ4n) is 2.93. The summed E-state index contributed by atoms with van der Waals surface area (Å²) in [5.41, 5.74) is 4.80. The van der Waals surface area contributed by atoms with Gasteiger partial charge < -0.3 is 4.31 Å². The molecule has 0 unspecified atom stereocenters. The first-order valence-electron chi connectivity index (χ1n) is 6.65. The van der Waals surface area contributed by atoms with Gasteiger partial charge in [-0.1, -0.05) is 34.7 Å². The lowest BCUT2D eigenvalue weighted by Crippen LogP contribution is -2.31. The fraction of sp³-hybridized carbons (Fsp3) is 0.188.